The average Bonchev–Trinajstić information content (AvgIpc) is 2.46. The zero-order valence-corrected chi connectivity index (χ0v) is 14.9. The Bertz CT molecular complexity index is 318. The standard InChI is InChI=1S/C17H33NO4/c1-6-8-10-11-13-22-17(20)18(5)15(14(3)4)16(19)21-12-9-7-2/h14-15H,6-13H2,1-5H3. The lowest BCUT2D eigenvalue weighted by Crippen LogP contribution is -2.46. The van der Waals surface area contributed by atoms with Crippen molar-refractivity contribution >= 4 is 12.1 Å². The third-order valence-electron chi connectivity index (χ3n) is 3.54. The van der Waals surface area contributed by atoms with E-state index in [0.717, 1.165) is 38.5 Å². The predicted octanol–water partition coefficient (Wildman–Crippen LogP) is 4.00. The van der Waals surface area contributed by atoms with E-state index >= 15 is 0 Å². The van der Waals surface area contributed by atoms with Gasteiger partial charge in [0.2, 0.25) is 0 Å². The minimum atomic E-state index is -0.597. The minimum Gasteiger partial charge on any atom is -0.464 e. The topological polar surface area (TPSA) is 55.8 Å². The number of carbonyl (C=O) groups excluding carboxylic acids is 2. The first-order valence-corrected chi connectivity index (χ1v) is 8.51. The van der Waals surface area contributed by atoms with Crippen LogP contribution in [0, 0.1) is 5.92 Å². The Morgan fingerprint density at radius 3 is 2.05 bits per heavy atom. The molecule has 5 nitrogen and oxygen atoms in total. The van der Waals surface area contributed by atoms with E-state index in [9.17, 15) is 9.59 Å². The lowest BCUT2D eigenvalue weighted by molar-refractivity contribution is -0.150. The van der Waals surface area contributed by atoms with Crippen LogP contribution in [-0.2, 0) is 14.3 Å². The number of unbranched alkanes of at least 4 members (excludes halogenated alkanes) is 4. The second-order valence-corrected chi connectivity index (χ2v) is 6.00. The zero-order chi connectivity index (χ0) is 17.0. The Morgan fingerprint density at radius 2 is 1.50 bits per heavy atom. The number of amides is 1. The van der Waals surface area contributed by atoms with Crippen molar-refractivity contribution in [3.8, 4) is 0 Å². The molecule has 0 heterocycles. The van der Waals surface area contributed by atoms with E-state index in [0.29, 0.717) is 13.2 Å². The molecule has 0 saturated heterocycles. The number of nitrogens with zero attached hydrogens (tertiary/aromatic N) is 1. The molecule has 0 spiro atoms. The summed E-state index contributed by atoms with van der Waals surface area (Å²) in [5, 5.41) is 0. The Balaban J connectivity index is 4.35. The predicted molar refractivity (Wildman–Crippen MR) is 87.7 cm³/mol. The molecule has 0 saturated carbocycles. The van der Waals surface area contributed by atoms with Gasteiger partial charge in [0.15, 0.2) is 0 Å². The van der Waals surface area contributed by atoms with Crippen LogP contribution in [0.5, 0.6) is 0 Å². The van der Waals surface area contributed by atoms with Gasteiger partial charge >= 0.3 is 12.1 Å². The van der Waals surface area contributed by atoms with Gasteiger partial charge in [-0.2, -0.15) is 0 Å². The molecule has 1 atom stereocenters. The number of likely N-dealkylation sites (N-methyl/N-ethyl adjacent to an activating group) is 1. The SMILES string of the molecule is CCCCCCOC(=O)N(C)C(C(=O)OCCCC)C(C)C. The molecule has 0 rings (SSSR count). The molecule has 0 fully saturated rings. The molecule has 0 radical (unpaired) electrons. The minimum absolute atomic E-state index is 0.0215. The molecule has 1 unspecified atom stereocenters. The molecule has 0 N–H and O–H groups in total. The maximum absolute atomic E-state index is 12.1. The zero-order valence-electron chi connectivity index (χ0n) is 14.9. The number of ether oxygens (including phenoxy) is 2. The van der Waals surface area contributed by atoms with Gasteiger partial charge in [-0.1, -0.05) is 53.4 Å². The van der Waals surface area contributed by atoms with Gasteiger partial charge in [0, 0.05) is 7.05 Å². The maximum atomic E-state index is 12.1. The highest BCUT2D eigenvalue weighted by atomic mass is 16.6. The fraction of sp³-hybridized carbons (Fsp3) is 0.882. The first-order valence-electron chi connectivity index (χ1n) is 8.51. The molecule has 22 heavy (non-hydrogen) atoms. The molecule has 0 aromatic carbocycles. The van der Waals surface area contributed by atoms with Crippen LogP contribution in [0.4, 0.5) is 4.79 Å². The van der Waals surface area contributed by atoms with E-state index < -0.39 is 12.1 Å². The summed E-state index contributed by atoms with van der Waals surface area (Å²) < 4.78 is 10.5. The summed E-state index contributed by atoms with van der Waals surface area (Å²) in [5.41, 5.74) is 0. The van der Waals surface area contributed by atoms with Crippen molar-refractivity contribution in [2.45, 2.75) is 72.3 Å². The number of hydrogen-bond acceptors (Lipinski definition) is 4. The van der Waals surface area contributed by atoms with Crippen molar-refractivity contribution in [3.63, 3.8) is 0 Å². The van der Waals surface area contributed by atoms with Crippen molar-refractivity contribution in [2.75, 3.05) is 20.3 Å². The normalized spacial score (nSPS) is 12.1. The lowest BCUT2D eigenvalue weighted by Gasteiger charge is -2.28. The molecular weight excluding hydrogens is 282 g/mol. The fourth-order valence-electron chi connectivity index (χ4n) is 2.18. The Morgan fingerprint density at radius 1 is 0.909 bits per heavy atom. The Labute approximate surface area is 135 Å². The first kappa shape index (κ1) is 20.7. The van der Waals surface area contributed by atoms with Crippen molar-refractivity contribution in [1.82, 2.24) is 4.90 Å². The van der Waals surface area contributed by atoms with Crippen molar-refractivity contribution in [3.05, 3.63) is 0 Å². The van der Waals surface area contributed by atoms with Crippen LogP contribution in [0.1, 0.15) is 66.2 Å². The lowest BCUT2D eigenvalue weighted by atomic mass is 10.0. The average molecular weight is 315 g/mol. The van der Waals surface area contributed by atoms with Gasteiger partial charge in [-0.05, 0) is 18.8 Å². The van der Waals surface area contributed by atoms with E-state index in [1.807, 2.05) is 20.8 Å². The summed E-state index contributed by atoms with van der Waals surface area (Å²) >= 11 is 0. The van der Waals surface area contributed by atoms with Crippen LogP contribution in [0.25, 0.3) is 0 Å². The highest BCUT2D eigenvalue weighted by Crippen LogP contribution is 2.13. The molecule has 130 valence electrons. The van der Waals surface area contributed by atoms with E-state index in [2.05, 4.69) is 6.92 Å². The van der Waals surface area contributed by atoms with Crippen molar-refractivity contribution in [2.24, 2.45) is 5.92 Å². The Kier molecular flexibility index (Phi) is 11.6. The highest BCUT2D eigenvalue weighted by molar-refractivity contribution is 5.81. The van der Waals surface area contributed by atoms with Gasteiger partial charge in [0.25, 0.3) is 0 Å². The van der Waals surface area contributed by atoms with Crippen molar-refractivity contribution in [1.29, 1.82) is 0 Å². The second-order valence-electron chi connectivity index (χ2n) is 6.00. The summed E-state index contributed by atoms with van der Waals surface area (Å²) in [4.78, 5) is 25.6. The fourth-order valence-corrected chi connectivity index (χ4v) is 2.18. The summed E-state index contributed by atoms with van der Waals surface area (Å²) in [6.07, 6.45) is 5.55. The number of esters is 1. The maximum Gasteiger partial charge on any atom is 0.410 e. The van der Waals surface area contributed by atoms with E-state index in [1.165, 1.54) is 4.90 Å². The number of carbonyl (C=O) groups is 2. The summed E-state index contributed by atoms with van der Waals surface area (Å²) in [6, 6.07) is -0.597. The Hall–Kier alpha value is -1.26. The van der Waals surface area contributed by atoms with E-state index in [4.69, 9.17) is 9.47 Å². The van der Waals surface area contributed by atoms with Crippen LogP contribution in [0.3, 0.4) is 0 Å². The van der Waals surface area contributed by atoms with Gasteiger partial charge in [-0.3, -0.25) is 4.90 Å². The van der Waals surface area contributed by atoms with Gasteiger partial charge in [-0.15, -0.1) is 0 Å². The van der Waals surface area contributed by atoms with E-state index in [-0.39, 0.29) is 11.9 Å². The molecule has 0 aliphatic carbocycles. The summed E-state index contributed by atoms with van der Waals surface area (Å²) in [7, 11) is 1.60. The van der Waals surface area contributed by atoms with Gasteiger partial charge < -0.3 is 9.47 Å². The molecule has 5 heteroatoms. The molecule has 0 aromatic rings. The molecule has 0 aliphatic rings. The molecule has 1 amide bonds. The van der Waals surface area contributed by atoms with Crippen molar-refractivity contribution < 1.29 is 19.1 Å². The molecule has 0 bridgehead atoms. The summed E-state index contributed by atoms with van der Waals surface area (Å²) in [6.45, 7) is 8.78. The largest absolute Gasteiger partial charge is 0.464 e. The third-order valence-corrected chi connectivity index (χ3v) is 3.54. The first-order chi connectivity index (χ1) is 10.5. The van der Waals surface area contributed by atoms with Gasteiger partial charge in [-0.25, -0.2) is 9.59 Å². The van der Waals surface area contributed by atoms with E-state index in [1.54, 1.807) is 7.05 Å². The quantitative estimate of drug-likeness (QED) is 0.427. The number of hydrogen-bond donors (Lipinski definition) is 0. The molecular formula is C17H33NO4. The smallest absolute Gasteiger partial charge is 0.410 e. The number of rotatable bonds is 11. The van der Waals surface area contributed by atoms with Crippen LogP contribution < -0.4 is 0 Å². The van der Waals surface area contributed by atoms with Gasteiger partial charge in [0.05, 0.1) is 13.2 Å². The second kappa shape index (κ2) is 12.3. The molecule has 0 aliphatic heterocycles. The molecule has 0 aromatic heterocycles. The van der Waals surface area contributed by atoms with Crippen LogP contribution in [-0.4, -0.2) is 43.3 Å². The highest BCUT2D eigenvalue weighted by Gasteiger charge is 2.31. The summed E-state index contributed by atoms with van der Waals surface area (Å²) in [5.74, 6) is -0.374. The van der Waals surface area contributed by atoms with Crippen LogP contribution in [0.2, 0.25) is 0 Å². The monoisotopic (exact) mass is 315 g/mol. The third kappa shape index (κ3) is 8.25. The van der Waals surface area contributed by atoms with Crippen LogP contribution >= 0.6 is 0 Å². The van der Waals surface area contributed by atoms with Crippen LogP contribution in [0.15, 0.2) is 0 Å². The van der Waals surface area contributed by atoms with Gasteiger partial charge in [0.1, 0.15) is 6.04 Å².